The van der Waals surface area contributed by atoms with E-state index in [-0.39, 0.29) is 36.6 Å². The summed E-state index contributed by atoms with van der Waals surface area (Å²) in [5.74, 6) is -0.268. The van der Waals surface area contributed by atoms with Gasteiger partial charge in [0.1, 0.15) is 6.10 Å². The van der Waals surface area contributed by atoms with Gasteiger partial charge in [0.05, 0.1) is 24.7 Å². The quantitative estimate of drug-likeness (QED) is 0.749. The van der Waals surface area contributed by atoms with Gasteiger partial charge in [0, 0.05) is 18.6 Å². The Kier molecular flexibility index (Phi) is 6.21. The zero-order valence-electron chi connectivity index (χ0n) is 16.7. The molecule has 2 fully saturated rings. The van der Waals surface area contributed by atoms with Crippen molar-refractivity contribution >= 4 is 5.97 Å². The van der Waals surface area contributed by atoms with Gasteiger partial charge in [-0.1, -0.05) is 37.3 Å². The average molecular weight is 378 g/mol. The van der Waals surface area contributed by atoms with Crippen LogP contribution in [0.5, 0.6) is 0 Å². The molecule has 2 heterocycles. The predicted molar refractivity (Wildman–Crippen MR) is 98.7 cm³/mol. The van der Waals surface area contributed by atoms with E-state index in [0.717, 1.165) is 5.56 Å². The van der Waals surface area contributed by atoms with Gasteiger partial charge in [-0.2, -0.15) is 0 Å². The van der Waals surface area contributed by atoms with Crippen LogP contribution in [-0.4, -0.2) is 44.8 Å². The van der Waals surface area contributed by atoms with Crippen molar-refractivity contribution in [2.75, 3.05) is 20.3 Å². The van der Waals surface area contributed by atoms with Crippen molar-refractivity contribution in [3.05, 3.63) is 35.9 Å². The lowest BCUT2D eigenvalue weighted by Gasteiger charge is -2.48. The number of rotatable bonds is 4. The second-order valence-corrected chi connectivity index (χ2v) is 8.33. The van der Waals surface area contributed by atoms with Crippen LogP contribution in [0.25, 0.3) is 0 Å². The van der Waals surface area contributed by atoms with Crippen molar-refractivity contribution in [1.29, 1.82) is 0 Å². The van der Waals surface area contributed by atoms with E-state index in [4.69, 9.17) is 23.7 Å². The van der Waals surface area contributed by atoms with E-state index in [1.807, 2.05) is 51.1 Å². The summed E-state index contributed by atoms with van der Waals surface area (Å²) < 4.78 is 29.3. The van der Waals surface area contributed by atoms with Crippen molar-refractivity contribution in [1.82, 2.24) is 0 Å². The van der Waals surface area contributed by atoms with Gasteiger partial charge in [0.15, 0.2) is 12.6 Å². The summed E-state index contributed by atoms with van der Waals surface area (Å²) in [5.41, 5.74) is 0.435. The Morgan fingerprint density at radius 2 is 1.89 bits per heavy atom. The van der Waals surface area contributed by atoms with Crippen LogP contribution in [0.4, 0.5) is 0 Å². The lowest BCUT2D eigenvalue weighted by molar-refractivity contribution is -0.343. The minimum absolute atomic E-state index is 0.0802. The maximum Gasteiger partial charge on any atom is 0.311 e. The first-order chi connectivity index (χ1) is 12.8. The van der Waals surface area contributed by atoms with Gasteiger partial charge in [-0.25, -0.2) is 0 Å². The number of esters is 1. The largest absolute Gasteiger partial charge is 0.465 e. The fourth-order valence-electron chi connectivity index (χ4n) is 3.52. The molecule has 27 heavy (non-hydrogen) atoms. The Morgan fingerprint density at radius 3 is 2.52 bits per heavy atom. The first-order valence-corrected chi connectivity index (χ1v) is 9.48. The SMILES string of the molecule is CO[C@H]1O[C@@H]2CO[C@@H](c3ccccc3)O[C@H]2[C@H](C)[C@H]1COC(=O)C(C)(C)C. The summed E-state index contributed by atoms with van der Waals surface area (Å²) in [6.45, 7) is 8.28. The van der Waals surface area contributed by atoms with Crippen LogP contribution in [0, 0.1) is 17.3 Å². The third-order valence-electron chi connectivity index (χ3n) is 5.23. The molecule has 1 aromatic rings. The third kappa shape index (κ3) is 4.51. The molecule has 0 bridgehead atoms. The van der Waals surface area contributed by atoms with E-state index in [1.165, 1.54) is 0 Å². The number of hydrogen-bond donors (Lipinski definition) is 0. The fourth-order valence-corrected chi connectivity index (χ4v) is 3.52. The zero-order valence-corrected chi connectivity index (χ0v) is 16.7. The van der Waals surface area contributed by atoms with Crippen LogP contribution in [0.15, 0.2) is 30.3 Å². The fraction of sp³-hybridized carbons (Fsp3) is 0.667. The van der Waals surface area contributed by atoms with E-state index in [0.29, 0.717) is 6.61 Å². The van der Waals surface area contributed by atoms with E-state index in [2.05, 4.69) is 6.92 Å². The Balaban J connectivity index is 1.70. The summed E-state index contributed by atoms with van der Waals surface area (Å²) in [6, 6.07) is 9.86. The van der Waals surface area contributed by atoms with Gasteiger partial charge in [-0.15, -0.1) is 0 Å². The van der Waals surface area contributed by atoms with Crippen LogP contribution in [-0.2, 0) is 28.5 Å². The molecule has 6 nitrogen and oxygen atoms in total. The number of carbonyl (C=O) groups is 1. The summed E-state index contributed by atoms with van der Waals surface area (Å²) in [6.07, 6.45) is -1.25. The highest BCUT2D eigenvalue weighted by Gasteiger charge is 2.48. The molecule has 2 aliphatic heterocycles. The Hall–Kier alpha value is -1.47. The topological polar surface area (TPSA) is 63.2 Å². The lowest BCUT2D eigenvalue weighted by Crippen LogP contribution is -2.57. The molecular formula is C21H30O6. The highest BCUT2D eigenvalue weighted by Crippen LogP contribution is 2.39. The maximum absolute atomic E-state index is 12.2. The predicted octanol–water partition coefficient (Wildman–Crippen LogP) is 3.31. The second kappa shape index (κ2) is 8.27. The van der Waals surface area contributed by atoms with E-state index in [1.54, 1.807) is 7.11 Å². The first kappa shape index (κ1) is 20.3. The highest BCUT2D eigenvalue weighted by atomic mass is 16.7. The molecule has 150 valence electrons. The van der Waals surface area contributed by atoms with Gasteiger partial charge >= 0.3 is 5.97 Å². The van der Waals surface area contributed by atoms with E-state index < -0.39 is 18.0 Å². The minimum atomic E-state index is -0.544. The van der Waals surface area contributed by atoms with Crippen molar-refractivity contribution in [2.24, 2.45) is 17.3 Å². The van der Waals surface area contributed by atoms with E-state index in [9.17, 15) is 4.79 Å². The molecule has 0 amide bonds. The molecular weight excluding hydrogens is 348 g/mol. The zero-order chi connectivity index (χ0) is 19.6. The van der Waals surface area contributed by atoms with Gasteiger partial charge in [0.2, 0.25) is 0 Å². The van der Waals surface area contributed by atoms with Crippen molar-refractivity contribution in [3.63, 3.8) is 0 Å². The number of fused-ring (bicyclic) bond motifs is 1. The standard InChI is InChI=1S/C21H30O6/c1-13-15(11-25-20(22)21(2,3)4)19(23-5)26-16-12-24-18(27-17(13)16)14-9-7-6-8-10-14/h6-10,13,15-19H,11-12H2,1-5H3/t13-,15-,16-,17+,18-,19+/m1/s1. The number of benzene rings is 1. The molecule has 0 aliphatic carbocycles. The molecule has 2 saturated heterocycles. The number of methoxy groups -OCH3 is 1. The third-order valence-corrected chi connectivity index (χ3v) is 5.23. The molecule has 0 unspecified atom stereocenters. The molecule has 0 spiro atoms. The monoisotopic (exact) mass is 378 g/mol. The molecule has 0 saturated carbocycles. The van der Waals surface area contributed by atoms with Gasteiger partial charge in [-0.3, -0.25) is 4.79 Å². The van der Waals surface area contributed by atoms with Crippen molar-refractivity contribution in [3.8, 4) is 0 Å². The molecule has 0 N–H and O–H groups in total. The first-order valence-electron chi connectivity index (χ1n) is 9.48. The van der Waals surface area contributed by atoms with Crippen LogP contribution >= 0.6 is 0 Å². The highest BCUT2D eigenvalue weighted by molar-refractivity contribution is 5.75. The summed E-state index contributed by atoms with van der Waals surface area (Å²) in [7, 11) is 1.60. The smallest absolute Gasteiger partial charge is 0.311 e. The minimum Gasteiger partial charge on any atom is -0.465 e. The van der Waals surface area contributed by atoms with Crippen LogP contribution < -0.4 is 0 Å². The number of ether oxygens (including phenoxy) is 5. The van der Waals surface area contributed by atoms with Gasteiger partial charge < -0.3 is 23.7 Å². The number of carbonyl (C=O) groups excluding carboxylic acids is 1. The molecule has 3 rings (SSSR count). The molecule has 1 aromatic carbocycles. The summed E-state index contributed by atoms with van der Waals surface area (Å²) >= 11 is 0. The van der Waals surface area contributed by atoms with Gasteiger partial charge in [-0.05, 0) is 26.7 Å². The maximum atomic E-state index is 12.2. The van der Waals surface area contributed by atoms with Crippen LogP contribution in [0.3, 0.4) is 0 Å². The Morgan fingerprint density at radius 1 is 1.19 bits per heavy atom. The molecule has 6 heteroatoms. The number of hydrogen-bond acceptors (Lipinski definition) is 6. The van der Waals surface area contributed by atoms with Crippen molar-refractivity contribution in [2.45, 2.75) is 52.5 Å². The lowest BCUT2D eigenvalue weighted by atomic mass is 9.83. The Bertz CT molecular complexity index is 625. The van der Waals surface area contributed by atoms with E-state index >= 15 is 0 Å². The Labute approximate surface area is 161 Å². The second-order valence-electron chi connectivity index (χ2n) is 8.33. The molecule has 2 aliphatic rings. The molecule has 0 aromatic heterocycles. The summed E-state index contributed by atoms with van der Waals surface area (Å²) in [4.78, 5) is 12.2. The van der Waals surface area contributed by atoms with Crippen LogP contribution in [0.2, 0.25) is 0 Å². The normalized spacial score (nSPS) is 34.0. The summed E-state index contributed by atoms with van der Waals surface area (Å²) in [5, 5.41) is 0. The average Bonchev–Trinajstić information content (AvgIpc) is 2.66. The van der Waals surface area contributed by atoms with Gasteiger partial charge in [0.25, 0.3) is 0 Å². The molecule has 0 radical (unpaired) electrons. The van der Waals surface area contributed by atoms with Crippen LogP contribution in [0.1, 0.15) is 39.5 Å². The molecule has 6 atom stereocenters. The van der Waals surface area contributed by atoms with Crippen molar-refractivity contribution < 1.29 is 28.5 Å².